The third-order valence-corrected chi connectivity index (χ3v) is 2.61. The zero-order valence-corrected chi connectivity index (χ0v) is 8.95. The van der Waals surface area contributed by atoms with Gasteiger partial charge in [-0.3, -0.25) is 0 Å². The van der Waals surface area contributed by atoms with Crippen LogP contribution in [0.3, 0.4) is 0 Å². The molecule has 0 aromatic heterocycles. The number of allylic oxidation sites excluding steroid dienone is 4. The highest BCUT2D eigenvalue weighted by atomic mass is 14.9. The van der Waals surface area contributed by atoms with Crippen molar-refractivity contribution in [3.05, 3.63) is 59.8 Å². The molecule has 0 fully saturated rings. The Morgan fingerprint density at radius 2 is 1.93 bits per heavy atom. The second-order valence-corrected chi connectivity index (χ2v) is 3.81. The topological polar surface area (TPSA) is 12.0 Å². The van der Waals surface area contributed by atoms with E-state index in [2.05, 4.69) is 53.9 Å². The highest BCUT2D eigenvalue weighted by Gasteiger charge is 1.98. The first-order valence-electron chi connectivity index (χ1n) is 5.57. The molecule has 0 atom stereocenters. The molecule has 1 nitrogen and oxygen atoms in total. The molecule has 0 amide bonds. The third-order valence-electron chi connectivity index (χ3n) is 2.61. The lowest BCUT2D eigenvalue weighted by atomic mass is 10.2. The summed E-state index contributed by atoms with van der Waals surface area (Å²) in [5, 5.41) is 3.50. The van der Waals surface area contributed by atoms with E-state index in [4.69, 9.17) is 0 Å². The van der Waals surface area contributed by atoms with E-state index in [-0.39, 0.29) is 0 Å². The number of hydrogen-bond acceptors (Lipinski definition) is 1. The molecule has 15 heavy (non-hydrogen) atoms. The van der Waals surface area contributed by atoms with Gasteiger partial charge in [-0.15, -0.1) is 0 Å². The molecule has 2 rings (SSSR count). The van der Waals surface area contributed by atoms with Gasteiger partial charge in [0, 0.05) is 12.2 Å². The Labute approximate surface area is 91.5 Å². The van der Waals surface area contributed by atoms with Gasteiger partial charge in [0.05, 0.1) is 0 Å². The van der Waals surface area contributed by atoms with Crippen molar-refractivity contribution in [1.29, 1.82) is 0 Å². The van der Waals surface area contributed by atoms with Crippen LogP contribution in [0.5, 0.6) is 0 Å². The van der Waals surface area contributed by atoms with E-state index in [1.807, 2.05) is 0 Å². The summed E-state index contributed by atoms with van der Waals surface area (Å²) in [6, 6.07) is 10.5. The van der Waals surface area contributed by atoms with E-state index in [1.54, 1.807) is 0 Å². The van der Waals surface area contributed by atoms with E-state index in [0.29, 0.717) is 0 Å². The minimum absolute atomic E-state index is 0.937. The maximum atomic E-state index is 3.50. The molecule has 1 heteroatoms. The fraction of sp³-hybridized carbons (Fsp3) is 0.286. The molecule has 0 saturated heterocycles. The van der Waals surface area contributed by atoms with Gasteiger partial charge >= 0.3 is 0 Å². The van der Waals surface area contributed by atoms with Crippen molar-refractivity contribution < 1.29 is 0 Å². The average molecular weight is 199 g/mol. The first-order valence-corrected chi connectivity index (χ1v) is 5.57. The first kappa shape index (κ1) is 10.0. The van der Waals surface area contributed by atoms with Gasteiger partial charge in [0.1, 0.15) is 0 Å². The summed E-state index contributed by atoms with van der Waals surface area (Å²) in [7, 11) is 0. The Kier molecular flexibility index (Phi) is 3.61. The standard InChI is InChI=1S/C14H17N/c1-2-7-11-14(10-6-1)15-12-13-8-4-3-5-9-13/h1-5,8-10,15H,6-7,11-12H2. The smallest absolute Gasteiger partial charge is 0.0397 e. The summed E-state index contributed by atoms with van der Waals surface area (Å²) in [6.07, 6.45) is 10.1. The lowest BCUT2D eigenvalue weighted by molar-refractivity contribution is 0.752. The predicted octanol–water partition coefficient (Wildman–Crippen LogP) is 3.40. The normalized spacial score (nSPS) is 15.6. The van der Waals surface area contributed by atoms with Crippen molar-refractivity contribution in [3.63, 3.8) is 0 Å². The number of hydrogen-bond donors (Lipinski definition) is 1. The molecule has 0 bridgehead atoms. The molecule has 1 aromatic rings. The monoisotopic (exact) mass is 199 g/mol. The maximum Gasteiger partial charge on any atom is 0.0397 e. The molecule has 1 aliphatic carbocycles. The summed E-state index contributed by atoms with van der Waals surface area (Å²) in [5.41, 5.74) is 2.72. The second-order valence-electron chi connectivity index (χ2n) is 3.81. The van der Waals surface area contributed by atoms with Crippen molar-refractivity contribution in [1.82, 2.24) is 5.32 Å². The molecule has 0 saturated carbocycles. The molecular weight excluding hydrogens is 182 g/mol. The number of nitrogens with one attached hydrogen (secondary N) is 1. The van der Waals surface area contributed by atoms with Crippen LogP contribution in [0, 0.1) is 0 Å². The highest BCUT2D eigenvalue weighted by molar-refractivity contribution is 5.16. The summed E-state index contributed by atoms with van der Waals surface area (Å²) >= 11 is 0. The van der Waals surface area contributed by atoms with Crippen LogP contribution in [0.25, 0.3) is 0 Å². The zero-order valence-electron chi connectivity index (χ0n) is 8.95. The van der Waals surface area contributed by atoms with Crippen molar-refractivity contribution in [2.75, 3.05) is 0 Å². The van der Waals surface area contributed by atoms with Crippen molar-refractivity contribution >= 4 is 0 Å². The van der Waals surface area contributed by atoms with Gasteiger partial charge in [-0.05, 0) is 24.8 Å². The Hall–Kier alpha value is -1.50. The maximum absolute atomic E-state index is 3.50. The van der Waals surface area contributed by atoms with Crippen LogP contribution in [-0.2, 0) is 6.54 Å². The molecule has 0 spiro atoms. The van der Waals surface area contributed by atoms with E-state index in [1.165, 1.54) is 11.3 Å². The summed E-state index contributed by atoms with van der Waals surface area (Å²) in [6.45, 7) is 0.937. The molecule has 0 aliphatic heterocycles. The fourth-order valence-electron chi connectivity index (χ4n) is 1.74. The van der Waals surface area contributed by atoms with Crippen LogP contribution in [0.15, 0.2) is 54.3 Å². The van der Waals surface area contributed by atoms with Gasteiger partial charge in [-0.2, -0.15) is 0 Å². The van der Waals surface area contributed by atoms with Gasteiger partial charge in [-0.1, -0.05) is 48.6 Å². The largest absolute Gasteiger partial charge is 0.385 e. The third kappa shape index (κ3) is 3.28. The van der Waals surface area contributed by atoms with Gasteiger partial charge in [0.25, 0.3) is 0 Å². The predicted molar refractivity (Wildman–Crippen MR) is 64.4 cm³/mol. The molecule has 1 aliphatic rings. The molecule has 78 valence electrons. The lowest BCUT2D eigenvalue weighted by Gasteiger charge is -2.09. The second kappa shape index (κ2) is 5.40. The minimum atomic E-state index is 0.937. The van der Waals surface area contributed by atoms with Crippen molar-refractivity contribution in [3.8, 4) is 0 Å². The Balaban J connectivity index is 1.86. The van der Waals surface area contributed by atoms with Crippen molar-refractivity contribution in [2.24, 2.45) is 0 Å². The summed E-state index contributed by atoms with van der Waals surface area (Å²) in [4.78, 5) is 0. The van der Waals surface area contributed by atoms with Crippen LogP contribution < -0.4 is 5.32 Å². The van der Waals surface area contributed by atoms with Gasteiger partial charge in [-0.25, -0.2) is 0 Å². The van der Waals surface area contributed by atoms with Gasteiger partial charge in [0.2, 0.25) is 0 Å². The quantitative estimate of drug-likeness (QED) is 0.736. The number of rotatable bonds is 3. The fourth-order valence-corrected chi connectivity index (χ4v) is 1.74. The van der Waals surface area contributed by atoms with Crippen LogP contribution >= 0.6 is 0 Å². The highest BCUT2D eigenvalue weighted by Crippen LogP contribution is 2.10. The molecule has 1 N–H and O–H groups in total. The zero-order chi connectivity index (χ0) is 10.3. The Morgan fingerprint density at radius 3 is 2.80 bits per heavy atom. The van der Waals surface area contributed by atoms with E-state index >= 15 is 0 Å². The molecule has 1 aromatic carbocycles. The van der Waals surface area contributed by atoms with Gasteiger partial charge in [0.15, 0.2) is 0 Å². The van der Waals surface area contributed by atoms with E-state index in [9.17, 15) is 0 Å². The SMILES string of the molecule is C1=CCCC(NCc2ccccc2)=CC1. The summed E-state index contributed by atoms with van der Waals surface area (Å²) in [5.74, 6) is 0. The molecule has 0 heterocycles. The van der Waals surface area contributed by atoms with E-state index in [0.717, 1.165) is 25.8 Å². The minimum Gasteiger partial charge on any atom is -0.385 e. The molecule has 0 radical (unpaired) electrons. The molecular formula is C14H17N. The van der Waals surface area contributed by atoms with Crippen LogP contribution in [0.2, 0.25) is 0 Å². The molecule has 0 unspecified atom stereocenters. The van der Waals surface area contributed by atoms with Crippen LogP contribution in [0.4, 0.5) is 0 Å². The first-order chi connectivity index (χ1) is 7.45. The van der Waals surface area contributed by atoms with Crippen molar-refractivity contribution in [2.45, 2.75) is 25.8 Å². The Morgan fingerprint density at radius 1 is 1.07 bits per heavy atom. The van der Waals surface area contributed by atoms with Crippen LogP contribution in [-0.4, -0.2) is 0 Å². The lowest BCUT2D eigenvalue weighted by Crippen LogP contribution is -2.12. The average Bonchev–Trinajstić information content (AvgIpc) is 2.56. The van der Waals surface area contributed by atoms with Gasteiger partial charge < -0.3 is 5.32 Å². The van der Waals surface area contributed by atoms with Crippen LogP contribution in [0.1, 0.15) is 24.8 Å². The summed E-state index contributed by atoms with van der Waals surface area (Å²) < 4.78 is 0. The number of benzene rings is 1. The van der Waals surface area contributed by atoms with E-state index < -0.39 is 0 Å². The Bertz CT molecular complexity index is 349.